The minimum absolute atomic E-state index is 0.146. The number of nitrogens with zero attached hydrogens (tertiary/aromatic N) is 1. The molecule has 0 aliphatic rings. The number of amides is 1. The van der Waals surface area contributed by atoms with Crippen molar-refractivity contribution in [2.45, 2.75) is 6.92 Å². The van der Waals surface area contributed by atoms with Gasteiger partial charge < -0.3 is 14.6 Å². The second-order valence-corrected chi connectivity index (χ2v) is 6.17. The lowest BCUT2D eigenvalue weighted by molar-refractivity contribution is 0.102. The molecule has 1 amide bonds. The number of halogens is 1. The summed E-state index contributed by atoms with van der Waals surface area (Å²) in [6.07, 6.45) is 1.54. The van der Waals surface area contributed by atoms with Crippen molar-refractivity contribution in [3.8, 4) is 5.75 Å². The minimum atomic E-state index is -0.327. The van der Waals surface area contributed by atoms with Gasteiger partial charge in [0, 0.05) is 35.1 Å². The van der Waals surface area contributed by atoms with Crippen LogP contribution >= 0.6 is 11.6 Å². The minimum Gasteiger partial charge on any atom is -0.495 e. The Hall–Kier alpha value is -2.79. The number of carbonyl (C=O) groups is 1. The van der Waals surface area contributed by atoms with Gasteiger partial charge in [0.1, 0.15) is 5.75 Å². The maximum atomic E-state index is 12.8. The molecule has 25 heavy (non-hydrogen) atoms. The summed E-state index contributed by atoms with van der Waals surface area (Å²) in [6, 6.07) is 10.5. The molecule has 6 heteroatoms. The Morgan fingerprint density at radius 1 is 1.20 bits per heavy atom. The number of rotatable bonds is 3. The molecule has 1 heterocycles. The number of aromatic nitrogens is 1. The number of nitrogens with one attached hydrogen (secondary N) is 1. The van der Waals surface area contributed by atoms with Crippen LogP contribution in [0.15, 0.2) is 47.4 Å². The lowest BCUT2D eigenvalue weighted by Crippen LogP contribution is -2.21. The molecular weight excluding hydrogens is 340 g/mol. The standard InChI is InChI=1S/C19H17ClN2O3/c1-11-8-16(17(25-3)9-15(11)20)21-18(23)14-10-22(2)19(24)13-7-5-4-6-12(13)14/h4-10H,1-3H3,(H,21,23). The van der Waals surface area contributed by atoms with E-state index in [1.165, 1.54) is 17.9 Å². The molecule has 0 bridgehead atoms. The third-order valence-corrected chi connectivity index (χ3v) is 4.47. The molecule has 3 rings (SSSR count). The van der Waals surface area contributed by atoms with Crippen LogP contribution in [-0.2, 0) is 7.05 Å². The number of hydrogen-bond donors (Lipinski definition) is 1. The van der Waals surface area contributed by atoms with E-state index in [-0.39, 0.29) is 11.5 Å². The molecule has 0 saturated heterocycles. The van der Waals surface area contributed by atoms with E-state index in [0.717, 1.165) is 5.56 Å². The molecule has 0 spiro atoms. The van der Waals surface area contributed by atoms with Crippen molar-refractivity contribution in [1.29, 1.82) is 0 Å². The molecule has 2 aromatic carbocycles. The van der Waals surface area contributed by atoms with Gasteiger partial charge in [0.2, 0.25) is 0 Å². The summed E-state index contributed by atoms with van der Waals surface area (Å²) >= 11 is 6.10. The Balaban J connectivity index is 2.09. The zero-order chi connectivity index (χ0) is 18.1. The van der Waals surface area contributed by atoms with E-state index in [0.29, 0.717) is 32.8 Å². The largest absolute Gasteiger partial charge is 0.495 e. The molecule has 3 aromatic rings. The van der Waals surface area contributed by atoms with Gasteiger partial charge in [-0.05, 0) is 24.6 Å². The average Bonchev–Trinajstić information content (AvgIpc) is 2.61. The first kappa shape index (κ1) is 17.0. The van der Waals surface area contributed by atoms with Crippen LogP contribution in [0.5, 0.6) is 5.75 Å². The van der Waals surface area contributed by atoms with Gasteiger partial charge in [-0.2, -0.15) is 0 Å². The van der Waals surface area contributed by atoms with E-state index in [1.54, 1.807) is 43.4 Å². The highest BCUT2D eigenvalue weighted by atomic mass is 35.5. The molecule has 0 aliphatic heterocycles. The van der Waals surface area contributed by atoms with Crippen molar-refractivity contribution >= 4 is 34.0 Å². The molecule has 5 nitrogen and oxygen atoms in total. The second kappa shape index (κ2) is 6.61. The Bertz CT molecular complexity index is 1040. The third kappa shape index (κ3) is 3.10. The van der Waals surface area contributed by atoms with Crippen LogP contribution in [-0.4, -0.2) is 17.6 Å². The van der Waals surface area contributed by atoms with Crippen LogP contribution in [0.4, 0.5) is 5.69 Å². The van der Waals surface area contributed by atoms with Gasteiger partial charge in [-0.25, -0.2) is 0 Å². The van der Waals surface area contributed by atoms with Gasteiger partial charge in [0.05, 0.1) is 18.4 Å². The van der Waals surface area contributed by atoms with Gasteiger partial charge >= 0.3 is 0 Å². The fraction of sp³-hybridized carbons (Fsp3) is 0.158. The fourth-order valence-electron chi connectivity index (χ4n) is 2.72. The molecule has 0 unspecified atom stereocenters. The van der Waals surface area contributed by atoms with Gasteiger partial charge in [-0.1, -0.05) is 29.8 Å². The summed E-state index contributed by atoms with van der Waals surface area (Å²) in [6.45, 7) is 1.85. The molecule has 0 saturated carbocycles. The normalized spacial score (nSPS) is 10.7. The molecule has 1 aromatic heterocycles. The lowest BCUT2D eigenvalue weighted by Gasteiger charge is -2.14. The monoisotopic (exact) mass is 356 g/mol. The first-order chi connectivity index (χ1) is 11.9. The summed E-state index contributed by atoms with van der Waals surface area (Å²) in [5.41, 5.74) is 1.61. The molecule has 0 aliphatic carbocycles. The summed E-state index contributed by atoms with van der Waals surface area (Å²) in [7, 11) is 3.14. The Kier molecular flexibility index (Phi) is 4.51. The van der Waals surface area contributed by atoms with Crippen LogP contribution in [0.1, 0.15) is 15.9 Å². The first-order valence-electron chi connectivity index (χ1n) is 7.66. The van der Waals surface area contributed by atoms with Crippen molar-refractivity contribution in [1.82, 2.24) is 4.57 Å². The van der Waals surface area contributed by atoms with E-state index < -0.39 is 0 Å². The van der Waals surface area contributed by atoms with E-state index in [1.807, 2.05) is 6.92 Å². The maximum absolute atomic E-state index is 12.8. The predicted octanol–water partition coefficient (Wildman–Crippen LogP) is 3.76. The summed E-state index contributed by atoms with van der Waals surface area (Å²) < 4.78 is 6.70. The Morgan fingerprint density at radius 3 is 2.56 bits per heavy atom. The SMILES string of the molecule is COc1cc(Cl)c(C)cc1NC(=O)c1cn(C)c(=O)c2ccccc12. The molecule has 0 atom stereocenters. The van der Waals surface area contributed by atoms with Crippen LogP contribution in [0.3, 0.4) is 0 Å². The average molecular weight is 357 g/mol. The van der Waals surface area contributed by atoms with Gasteiger partial charge in [0.15, 0.2) is 0 Å². The van der Waals surface area contributed by atoms with E-state index in [2.05, 4.69) is 5.32 Å². The quantitative estimate of drug-likeness (QED) is 0.777. The molecular formula is C19H17ClN2O3. The van der Waals surface area contributed by atoms with Crippen molar-refractivity contribution in [2.24, 2.45) is 7.05 Å². The zero-order valence-electron chi connectivity index (χ0n) is 14.1. The van der Waals surface area contributed by atoms with Gasteiger partial charge in [-0.3, -0.25) is 9.59 Å². The number of anilines is 1. The first-order valence-corrected chi connectivity index (χ1v) is 8.04. The lowest BCUT2D eigenvalue weighted by atomic mass is 10.1. The number of carbonyl (C=O) groups excluding carboxylic acids is 1. The van der Waals surface area contributed by atoms with Crippen LogP contribution in [0.25, 0.3) is 10.8 Å². The summed E-state index contributed by atoms with van der Waals surface area (Å²) in [5.74, 6) is 0.143. The second-order valence-electron chi connectivity index (χ2n) is 5.76. The van der Waals surface area contributed by atoms with E-state index in [9.17, 15) is 9.59 Å². The fourth-order valence-corrected chi connectivity index (χ4v) is 2.87. The zero-order valence-corrected chi connectivity index (χ0v) is 14.8. The van der Waals surface area contributed by atoms with Crippen molar-refractivity contribution in [3.63, 3.8) is 0 Å². The maximum Gasteiger partial charge on any atom is 0.258 e. The van der Waals surface area contributed by atoms with Crippen molar-refractivity contribution in [3.05, 3.63) is 69.1 Å². The number of ether oxygens (including phenoxy) is 1. The number of pyridine rings is 1. The highest BCUT2D eigenvalue weighted by molar-refractivity contribution is 6.31. The number of hydrogen-bond acceptors (Lipinski definition) is 3. The highest BCUT2D eigenvalue weighted by Crippen LogP contribution is 2.31. The Morgan fingerprint density at radius 2 is 1.88 bits per heavy atom. The number of benzene rings is 2. The van der Waals surface area contributed by atoms with Gasteiger partial charge in [-0.15, -0.1) is 0 Å². The molecule has 0 radical (unpaired) electrons. The topological polar surface area (TPSA) is 60.3 Å². The molecule has 128 valence electrons. The predicted molar refractivity (Wildman–Crippen MR) is 99.9 cm³/mol. The van der Waals surface area contributed by atoms with Gasteiger partial charge in [0.25, 0.3) is 11.5 Å². The molecule has 1 N–H and O–H groups in total. The number of fused-ring (bicyclic) bond motifs is 1. The van der Waals surface area contributed by atoms with E-state index in [4.69, 9.17) is 16.3 Å². The number of methoxy groups -OCH3 is 1. The van der Waals surface area contributed by atoms with Crippen LogP contribution in [0, 0.1) is 6.92 Å². The van der Waals surface area contributed by atoms with Crippen molar-refractivity contribution in [2.75, 3.05) is 12.4 Å². The smallest absolute Gasteiger partial charge is 0.258 e. The Labute approximate surface area is 149 Å². The van der Waals surface area contributed by atoms with Crippen LogP contribution in [0.2, 0.25) is 5.02 Å². The highest BCUT2D eigenvalue weighted by Gasteiger charge is 2.16. The summed E-state index contributed by atoms with van der Waals surface area (Å²) in [5, 5.41) is 4.51. The summed E-state index contributed by atoms with van der Waals surface area (Å²) in [4.78, 5) is 25.1. The van der Waals surface area contributed by atoms with E-state index >= 15 is 0 Å². The third-order valence-electron chi connectivity index (χ3n) is 4.06. The van der Waals surface area contributed by atoms with Crippen LogP contribution < -0.4 is 15.6 Å². The number of aryl methyl sites for hydroxylation is 2. The molecule has 0 fully saturated rings. The van der Waals surface area contributed by atoms with Crippen molar-refractivity contribution < 1.29 is 9.53 Å².